The van der Waals surface area contributed by atoms with Crippen molar-refractivity contribution in [3.63, 3.8) is 0 Å². The molecule has 1 aliphatic carbocycles. The summed E-state index contributed by atoms with van der Waals surface area (Å²) in [5, 5.41) is 3.20. The van der Waals surface area contributed by atoms with Crippen molar-refractivity contribution in [2.45, 2.75) is 38.8 Å². The lowest BCUT2D eigenvalue weighted by molar-refractivity contribution is 0.0900. The van der Waals surface area contributed by atoms with E-state index in [4.69, 9.17) is 0 Å². The van der Waals surface area contributed by atoms with Crippen LogP contribution in [-0.4, -0.2) is 10.5 Å². The molecule has 1 fully saturated rings. The van der Waals surface area contributed by atoms with Gasteiger partial charge in [-0.1, -0.05) is 36.8 Å². The highest BCUT2D eigenvalue weighted by atomic mass is 19.1. The third kappa shape index (κ3) is 3.78. The van der Waals surface area contributed by atoms with Gasteiger partial charge in [0, 0.05) is 17.6 Å². The molecule has 31 heavy (non-hydrogen) atoms. The highest BCUT2D eigenvalue weighted by molar-refractivity contribution is 6.08. The standard InChI is InChI=1S/C25H24F2N2O2/c1-3-13-29-15(2)21(19-11-6-12-20(27)22(19)25(29)31)24(30)28-23(16-7-4-8-16)17-9-5-10-18(26)14-17/h3,5-6,9-12,14,16,23H,1,4,7-8,13H2,2H3,(H,28,30)/t23-/m0/s1. The normalized spacial score (nSPS) is 14.8. The molecule has 0 radical (unpaired) electrons. The van der Waals surface area contributed by atoms with Gasteiger partial charge in [0.2, 0.25) is 0 Å². The molecule has 160 valence electrons. The van der Waals surface area contributed by atoms with Crippen LogP contribution in [0.5, 0.6) is 0 Å². The first-order valence-corrected chi connectivity index (χ1v) is 10.4. The van der Waals surface area contributed by atoms with E-state index in [0.29, 0.717) is 11.3 Å². The van der Waals surface area contributed by atoms with E-state index in [2.05, 4.69) is 11.9 Å². The van der Waals surface area contributed by atoms with Crippen molar-refractivity contribution in [3.05, 3.63) is 93.9 Å². The lowest BCUT2D eigenvalue weighted by atomic mass is 9.77. The van der Waals surface area contributed by atoms with Crippen LogP contribution in [0.4, 0.5) is 8.78 Å². The number of benzene rings is 2. The van der Waals surface area contributed by atoms with E-state index in [1.807, 2.05) is 0 Å². The Morgan fingerprint density at radius 2 is 2.00 bits per heavy atom. The molecule has 3 aromatic rings. The molecule has 1 saturated carbocycles. The predicted octanol–water partition coefficient (Wildman–Crippen LogP) is 5.05. The van der Waals surface area contributed by atoms with Crippen LogP contribution in [0.15, 0.2) is 59.9 Å². The van der Waals surface area contributed by atoms with Gasteiger partial charge in [-0.25, -0.2) is 8.78 Å². The second-order valence-corrected chi connectivity index (χ2v) is 8.02. The van der Waals surface area contributed by atoms with Gasteiger partial charge in [0.1, 0.15) is 11.6 Å². The number of allylic oxidation sites excluding steroid dienone is 1. The molecule has 1 amide bonds. The SMILES string of the molecule is C=CCn1c(C)c(C(=O)N[C@H](c2cccc(F)c2)C2CCC2)c2cccc(F)c2c1=O. The lowest BCUT2D eigenvalue weighted by Crippen LogP contribution is -2.38. The zero-order chi connectivity index (χ0) is 22.1. The van der Waals surface area contributed by atoms with Gasteiger partial charge >= 0.3 is 0 Å². The third-order valence-corrected chi connectivity index (χ3v) is 6.16. The van der Waals surface area contributed by atoms with Crippen LogP contribution in [0.3, 0.4) is 0 Å². The van der Waals surface area contributed by atoms with Crippen molar-refractivity contribution in [2.24, 2.45) is 5.92 Å². The zero-order valence-electron chi connectivity index (χ0n) is 17.3. The van der Waals surface area contributed by atoms with Gasteiger partial charge in [0.25, 0.3) is 11.5 Å². The number of hydrogen-bond acceptors (Lipinski definition) is 2. The number of fused-ring (bicyclic) bond motifs is 1. The Balaban J connectivity index is 1.83. The summed E-state index contributed by atoms with van der Waals surface area (Å²) in [5.74, 6) is -1.24. The number of hydrogen-bond donors (Lipinski definition) is 1. The summed E-state index contributed by atoms with van der Waals surface area (Å²) in [7, 11) is 0. The van der Waals surface area contributed by atoms with Crippen LogP contribution in [0.2, 0.25) is 0 Å². The zero-order valence-corrected chi connectivity index (χ0v) is 17.3. The molecule has 0 spiro atoms. The van der Waals surface area contributed by atoms with Gasteiger partial charge < -0.3 is 9.88 Å². The summed E-state index contributed by atoms with van der Waals surface area (Å²) >= 11 is 0. The van der Waals surface area contributed by atoms with E-state index in [-0.39, 0.29) is 40.7 Å². The minimum Gasteiger partial charge on any atom is -0.345 e. The van der Waals surface area contributed by atoms with E-state index in [1.54, 1.807) is 25.1 Å². The fraction of sp³-hybridized carbons (Fsp3) is 0.280. The highest BCUT2D eigenvalue weighted by Crippen LogP contribution is 2.38. The average molecular weight is 422 g/mol. The molecule has 1 N–H and O–H groups in total. The van der Waals surface area contributed by atoms with E-state index in [9.17, 15) is 18.4 Å². The molecule has 1 aromatic heterocycles. The Morgan fingerprint density at radius 1 is 1.26 bits per heavy atom. The lowest BCUT2D eigenvalue weighted by Gasteiger charge is -2.35. The van der Waals surface area contributed by atoms with Crippen LogP contribution < -0.4 is 10.9 Å². The molecule has 1 heterocycles. The maximum atomic E-state index is 14.6. The molecule has 1 atom stereocenters. The fourth-order valence-electron chi connectivity index (χ4n) is 4.36. The molecule has 4 nitrogen and oxygen atoms in total. The Hall–Kier alpha value is -3.28. The smallest absolute Gasteiger partial charge is 0.261 e. The van der Waals surface area contributed by atoms with Crippen LogP contribution in [0, 0.1) is 24.5 Å². The van der Waals surface area contributed by atoms with Crippen molar-refractivity contribution in [2.75, 3.05) is 0 Å². The average Bonchev–Trinajstić information content (AvgIpc) is 2.69. The van der Waals surface area contributed by atoms with Crippen LogP contribution >= 0.6 is 0 Å². The van der Waals surface area contributed by atoms with Crippen molar-refractivity contribution in [3.8, 4) is 0 Å². The molecule has 6 heteroatoms. The topological polar surface area (TPSA) is 51.1 Å². The Morgan fingerprint density at radius 3 is 2.65 bits per heavy atom. The predicted molar refractivity (Wildman–Crippen MR) is 117 cm³/mol. The van der Waals surface area contributed by atoms with E-state index in [0.717, 1.165) is 19.3 Å². The second kappa shape index (κ2) is 8.46. The van der Waals surface area contributed by atoms with Gasteiger partial charge in [-0.05, 0) is 49.4 Å². The monoisotopic (exact) mass is 422 g/mol. The molecular weight excluding hydrogens is 398 g/mol. The van der Waals surface area contributed by atoms with Gasteiger partial charge in [-0.3, -0.25) is 9.59 Å². The summed E-state index contributed by atoms with van der Waals surface area (Å²) in [4.78, 5) is 26.4. The number of halogens is 2. The molecule has 4 rings (SSSR count). The van der Waals surface area contributed by atoms with Gasteiger partial charge in [0.15, 0.2) is 0 Å². The largest absolute Gasteiger partial charge is 0.345 e. The fourth-order valence-corrected chi connectivity index (χ4v) is 4.36. The molecule has 0 bridgehead atoms. The van der Waals surface area contributed by atoms with Gasteiger partial charge in [-0.2, -0.15) is 0 Å². The number of pyridine rings is 1. The minimum absolute atomic E-state index is 0.119. The maximum absolute atomic E-state index is 14.6. The summed E-state index contributed by atoms with van der Waals surface area (Å²) < 4.78 is 29.8. The number of carbonyl (C=O) groups is 1. The number of carbonyl (C=O) groups excluding carboxylic acids is 1. The van der Waals surface area contributed by atoms with Crippen LogP contribution in [-0.2, 0) is 6.54 Å². The maximum Gasteiger partial charge on any atom is 0.261 e. The van der Waals surface area contributed by atoms with E-state index < -0.39 is 17.3 Å². The number of aromatic nitrogens is 1. The summed E-state index contributed by atoms with van der Waals surface area (Å²) in [6.45, 7) is 5.49. The summed E-state index contributed by atoms with van der Waals surface area (Å²) in [6.07, 6.45) is 4.47. The molecule has 1 aliphatic rings. The second-order valence-electron chi connectivity index (χ2n) is 8.02. The van der Waals surface area contributed by atoms with Crippen LogP contribution in [0.1, 0.15) is 46.9 Å². The van der Waals surface area contributed by atoms with Crippen molar-refractivity contribution >= 4 is 16.7 Å². The van der Waals surface area contributed by atoms with Crippen LogP contribution in [0.25, 0.3) is 10.8 Å². The number of nitrogens with zero attached hydrogens (tertiary/aromatic N) is 1. The van der Waals surface area contributed by atoms with Gasteiger partial charge in [0.05, 0.1) is 17.0 Å². The molecule has 2 aromatic carbocycles. The quantitative estimate of drug-likeness (QED) is 0.566. The Kier molecular flexibility index (Phi) is 5.72. The van der Waals surface area contributed by atoms with Crippen molar-refractivity contribution in [1.29, 1.82) is 0 Å². The van der Waals surface area contributed by atoms with E-state index in [1.165, 1.54) is 34.9 Å². The minimum atomic E-state index is -0.671. The summed E-state index contributed by atoms with van der Waals surface area (Å²) in [5.41, 5.74) is 0.886. The Bertz CT molecular complexity index is 1230. The third-order valence-electron chi connectivity index (χ3n) is 6.16. The number of rotatable bonds is 6. The highest BCUT2D eigenvalue weighted by Gasteiger charge is 2.31. The first kappa shape index (κ1) is 21.0. The summed E-state index contributed by atoms with van der Waals surface area (Å²) in [6, 6.07) is 10.2. The number of nitrogens with one attached hydrogen (secondary N) is 1. The van der Waals surface area contributed by atoms with E-state index >= 15 is 0 Å². The molecule has 0 saturated heterocycles. The molecule has 0 aliphatic heterocycles. The van der Waals surface area contributed by atoms with Gasteiger partial charge in [-0.15, -0.1) is 6.58 Å². The van der Waals surface area contributed by atoms with Crippen molar-refractivity contribution in [1.82, 2.24) is 9.88 Å². The first-order valence-electron chi connectivity index (χ1n) is 10.4. The molecular formula is C25H24F2N2O2. The first-order chi connectivity index (χ1) is 14.9. The Labute approximate surface area is 179 Å². The van der Waals surface area contributed by atoms with Crippen molar-refractivity contribution < 1.29 is 13.6 Å². The molecule has 0 unspecified atom stereocenters. The number of amides is 1.